The predicted molar refractivity (Wildman–Crippen MR) is 131 cm³/mol. The second-order valence-corrected chi connectivity index (χ2v) is 8.81. The van der Waals surface area contributed by atoms with Crippen LogP contribution in [0.25, 0.3) is 17.2 Å². The van der Waals surface area contributed by atoms with E-state index in [0.29, 0.717) is 22.5 Å². The Bertz CT molecular complexity index is 1320. The SMILES string of the molecule is Cc1c(C(=O)N[C@@H]2CCCN(Cc3ccccc3)C2)cnn1-c1nccc(-c2ccccc2F)n1. The van der Waals surface area contributed by atoms with E-state index >= 15 is 0 Å². The lowest BCUT2D eigenvalue weighted by atomic mass is 10.0. The van der Waals surface area contributed by atoms with Crippen LogP contribution in [-0.2, 0) is 6.54 Å². The monoisotopic (exact) mass is 470 g/mol. The van der Waals surface area contributed by atoms with Gasteiger partial charge in [0.05, 0.1) is 23.1 Å². The number of hydrogen-bond donors (Lipinski definition) is 1. The summed E-state index contributed by atoms with van der Waals surface area (Å²) in [5.41, 5.74) is 3.22. The number of likely N-dealkylation sites (tertiary alicyclic amines) is 1. The van der Waals surface area contributed by atoms with E-state index < -0.39 is 0 Å². The summed E-state index contributed by atoms with van der Waals surface area (Å²) in [6.07, 6.45) is 5.08. The van der Waals surface area contributed by atoms with Gasteiger partial charge in [0.15, 0.2) is 0 Å². The number of nitrogens with zero attached hydrogens (tertiary/aromatic N) is 5. The molecule has 1 saturated heterocycles. The van der Waals surface area contributed by atoms with Gasteiger partial charge in [-0.1, -0.05) is 42.5 Å². The van der Waals surface area contributed by atoms with Crippen molar-refractivity contribution in [3.05, 3.63) is 95.7 Å². The highest BCUT2D eigenvalue weighted by molar-refractivity contribution is 5.95. The van der Waals surface area contributed by atoms with Crippen LogP contribution in [0.4, 0.5) is 4.39 Å². The van der Waals surface area contributed by atoms with E-state index in [4.69, 9.17) is 0 Å². The first-order chi connectivity index (χ1) is 17.1. The quantitative estimate of drug-likeness (QED) is 0.458. The fourth-order valence-corrected chi connectivity index (χ4v) is 4.53. The van der Waals surface area contributed by atoms with Crippen LogP contribution in [0.15, 0.2) is 73.1 Å². The van der Waals surface area contributed by atoms with Gasteiger partial charge in [0.2, 0.25) is 0 Å². The van der Waals surface area contributed by atoms with Crippen molar-refractivity contribution in [2.75, 3.05) is 13.1 Å². The van der Waals surface area contributed by atoms with E-state index in [1.165, 1.54) is 22.5 Å². The normalized spacial score (nSPS) is 16.2. The third kappa shape index (κ3) is 5.12. The lowest BCUT2D eigenvalue weighted by Crippen LogP contribution is -2.47. The van der Waals surface area contributed by atoms with Gasteiger partial charge in [0.1, 0.15) is 5.82 Å². The Kier molecular flexibility index (Phi) is 6.63. The molecule has 0 unspecified atom stereocenters. The highest BCUT2D eigenvalue weighted by Crippen LogP contribution is 2.21. The third-order valence-corrected chi connectivity index (χ3v) is 6.33. The smallest absolute Gasteiger partial charge is 0.255 e. The molecule has 1 N–H and O–H groups in total. The molecule has 0 bridgehead atoms. The van der Waals surface area contributed by atoms with Crippen LogP contribution in [-0.4, -0.2) is 49.7 Å². The molecule has 0 saturated carbocycles. The number of rotatable bonds is 6. The van der Waals surface area contributed by atoms with E-state index in [-0.39, 0.29) is 23.7 Å². The highest BCUT2D eigenvalue weighted by Gasteiger charge is 2.24. The molecule has 2 aromatic carbocycles. The Hall–Kier alpha value is -3.91. The van der Waals surface area contributed by atoms with Crippen molar-refractivity contribution in [2.45, 2.75) is 32.4 Å². The molecule has 35 heavy (non-hydrogen) atoms. The third-order valence-electron chi connectivity index (χ3n) is 6.33. The van der Waals surface area contributed by atoms with Crippen molar-refractivity contribution < 1.29 is 9.18 Å². The predicted octanol–water partition coefficient (Wildman–Crippen LogP) is 4.17. The topological polar surface area (TPSA) is 75.9 Å². The molecule has 1 fully saturated rings. The van der Waals surface area contributed by atoms with Crippen LogP contribution < -0.4 is 5.32 Å². The summed E-state index contributed by atoms with van der Waals surface area (Å²) in [6.45, 7) is 4.51. The molecule has 2 aromatic heterocycles. The molecular formula is C27H27FN6O. The molecule has 8 heteroatoms. The molecule has 1 amide bonds. The number of carbonyl (C=O) groups is 1. The van der Waals surface area contributed by atoms with Crippen molar-refractivity contribution >= 4 is 5.91 Å². The van der Waals surface area contributed by atoms with Gasteiger partial charge >= 0.3 is 0 Å². The second kappa shape index (κ2) is 10.1. The molecule has 1 aliphatic rings. The van der Waals surface area contributed by atoms with Crippen molar-refractivity contribution in [1.29, 1.82) is 0 Å². The molecule has 3 heterocycles. The summed E-state index contributed by atoms with van der Waals surface area (Å²) in [7, 11) is 0. The lowest BCUT2D eigenvalue weighted by molar-refractivity contribution is 0.0900. The van der Waals surface area contributed by atoms with E-state index in [0.717, 1.165) is 32.5 Å². The second-order valence-electron chi connectivity index (χ2n) is 8.81. The maximum atomic E-state index is 14.2. The van der Waals surface area contributed by atoms with Gasteiger partial charge in [0.25, 0.3) is 11.9 Å². The molecule has 1 atom stereocenters. The van der Waals surface area contributed by atoms with Crippen molar-refractivity contribution in [3.8, 4) is 17.2 Å². The summed E-state index contributed by atoms with van der Waals surface area (Å²) < 4.78 is 15.7. The summed E-state index contributed by atoms with van der Waals surface area (Å²) in [4.78, 5) is 24.3. The fourth-order valence-electron chi connectivity index (χ4n) is 4.53. The molecule has 1 aliphatic heterocycles. The van der Waals surface area contributed by atoms with E-state index in [9.17, 15) is 9.18 Å². The number of halogens is 1. The number of amides is 1. The minimum Gasteiger partial charge on any atom is -0.348 e. The van der Waals surface area contributed by atoms with Gasteiger partial charge in [-0.15, -0.1) is 0 Å². The van der Waals surface area contributed by atoms with Gasteiger partial charge in [-0.25, -0.2) is 19.0 Å². The van der Waals surface area contributed by atoms with Gasteiger partial charge in [-0.2, -0.15) is 5.10 Å². The number of benzene rings is 2. The van der Waals surface area contributed by atoms with Gasteiger partial charge < -0.3 is 5.32 Å². The van der Waals surface area contributed by atoms with Crippen LogP contribution >= 0.6 is 0 Å². The molecule has 178 valence electrons. The molecule has 5 rings (SSSR count). The van der Waals surface area contributed by atoms with E-state index in [1.807, 2.05) is 13.0 Å². The van der Waals surface area contributed by atoms with Crippen LogP contribution in [0.2, 0.25) is 0 Å². The average molecular weight is 471 g/mol. The first kappa shape index (κ1) is 22.9. The van der Waals surface area contributed by atoms with Crippen LogP contribution in [0, 0.1) is 12.7 Å². The number of carbonyl (C=O) groups excluding carboxylic acids is 1. The van der Waals surface area contributed by atoms with Gasteiger partial charge in [-0.3, -0.25) is 9.69 Å². The molecular weight excluding hydrogens is 443 g/mol. The van der Waals surface area contributed by atoms with Crippen LogP contribution in [0.5, 0.6) is 0 Å². The van der Waals surface area contributed by atoms with Crippen LogP contribution in [0.3, 0.4) is 0 Å². The molecule has 4 aromatic rings. The Labute approximate surface area is 203 Å². The zero-order valence-electron chi connectivity index (χ0n) is 19.6. The first-order valence-corrected chi connectivity index (χ1v) is 11.8. The molecule has 7 nitrogen and oxygen atoms in total. The lowest BCUT2D eigenvalue weighted by Gasteiger charge is -2.33. The minimum absolute atomic E-state index is 0.0725. The van der Waals surface area contributed by atoms with Crippen molar-refractivity contribution in [1.82, 2.24) is 30.0 Å². The number of piperidine rings is 1. The summed E-state index contributed by atoms with van der Waals surface area (Å²) >= 11 is 0. The number of aromatic nitrogens is 4. The first-order valence-electron chi connectivity index (χ1n) is 11.8. The highest BCUT2D eigenvalue weighted by atomic mass is 19.1. The zero-order valence-corrected chi connectivity index (χ0v) is 19.6. The van der Waals surface area contributed by atoms with E-state index in [2.05, 4.69) is 49.5 Å². The van der Waals surface area contributed by atoms with E-state index in [1.54, 1.807) is 30.5 Å². The van der Waals surface area contributed by atoms with Gasteiger partial charge in [0, 0.05) is 30.9 Å². The Morgan fingerprint density at radius 2 is 1.91 bits per heavy atom. The molecule has 0 radical (unpaired) electrons. The number of hydrogen-bond acceptors (Lipinski definition) is 5. The molecule has 0 spiro atoms. The van der Waals surface area contributed by atoms with Crippen molar-refractivity contribution in [3.63, 3.8) is 0 Å². The Morgan fingerprint density at radius 1 is 1.11 bits per heavy atom. The summed E-state index contributed by atoms with van der Waals surface area (Å²) in [5, 5.41) is 7.53. The van der Waals surface area contributed by atoms with Gasteiger partial charge in [-0.05, 0) is 50.1 Å². The molecule has 0 aliphatic carbocycles. The standard InChI is InChI=1S/C27H27FN6O/c1-19-23(26(35)31-21-10-7-15-33(18-21)17-20-8-3-2-4-9-20)16-30-34(19)27-29-14-13-25(32-27)22-11-5-6-12-24(22)28/h2-6,8-9,11-14,16,21H,7,10,15,17-18H2,1H3,(H,31,35)/t21-/m1/s1. The maximum absolute atomic E-state index is 14.2. The Balaban J connectivity index is 1.29. The average Bonchev–Trinajstić information content (AvgIpc) is 3.27. The summed E-state index contributed by atoms with van der Waals surface area (Å²) in [5.74, 6) is -0.234. The van der Waals surface area contributed by atoms with Crippen LogP contribution in [0.1, 0.15) is 34.5 Å². The number of nitrogens with one attached hydrogen (secondary N) is 1. The fraction of sp³-hybridized carbons (Fsp3) is 0.259. The Morgan fingerprint density at radius 3 is 2.74 bits per heavy atom. The zero-order chi connectivity index (χ0) is 24.2. The minimum atomic E-state index is -0.358. The maximum Gasteiger partial charge on any atom is 0.255 e. The van der Waals surface area contributed by atoms with Crippen molar-refractivity contribution in [2.24, 2.45) is 0 Å². The largest absolute Gasteiger partial charge is 0.348 e. The summed E-state index contributed by atoms with van der Waals surface area (Å²) in [6, 6.07) is 18.6.